The van der Waals surface area contributed by atoms with Crippen molar-refractivity contribution < 1.29 is 4.42 Å². The molecule has 0 fully saturated rings. The largest absolute Gasteiger partial charge is 0.456 e. The van der Waals surface area contributed by atoms with Crippen molar-refractivity contribution in [2.45, 2.75) is 0 Å². The van der Waals surface area contributed by atoms with E-state index in [-0.39, 0.29) is 0 Å². The molecule has 0 spiro atoms. The molecule has 0 N–H and O–H groups in total. The fourth-order valence-electron chi connectivity index (χ4n) is 7.89. The van der Waals surface area contributed by atoms with Crippen LogP contribution in [0.3, 0.4) is 0 Å². The zero-order chi connectivity index (χ0) is 35.6. The van der Waals surface area contributed by atoms with Crippen LogP contribution >= 0.6 is 0 Å². The number of fused-ring (bicyclic) bond motifs is 7. The number of rotatable bonds is 5. The van der Waals surface area contributed by atoms with Gasteiger partial charge in [0.1, 0.15) is 16.9 Å². The number of nitrogens with zero attached hydrogens (tertiary/aromatic N) is 5. The molecule has 11 aromatic rings. The van der Waals surface area contributed by atoms with Gasteiger partial charge < -0.3 is 8.98 Å². The van der Waals surface area contributed by atoms with Gasteiger partial charge in [-0.25, -0.2) is 15.0 Å². The maximum absolute atomic E-state index is 6.24. The van der Waals surface area contributed by atoms with Gasteiger partial charge >= 0.3 is 0 Å². The maximum Gasteiger partial charge on any atom is 0.183 e. The van der Waals surface area contributed by atoms with Crippen molar-refractivity contribution in [3.05, 3.63) is 176 Å². The third-order valence-electron chi connectivity index (χ3n) is 10.3. The van der Waals surface area contributed by atoms with Gasteiger partial charge in [-0.15, -0.1) is 0 Å². The Morgan fingerprint density at radius 1 is 0.426 bits per heavy atom. The van der Waals surface area contributed by atoms with Crippen molar-refractivity contribution >= 4 is 54.5 Å². The minimum atomic E-state index is 0.478. The van der Waals surface area contributed by atoms with Gasteiger partial charge in [-0.05, 0) is 64.4 Å². The summed E-state index contributed by atoms with van der Waals surface area (Å²) in [4.78, 5) is 20.3. The Morgan fingerprint density at radius 3 is 2.06 bits per heavy atom. The van der Waals surface area contributed by atoms with Gasteiger partial charge in [0.05, 0.1) is 22.1 Å². The molecule has 0 saturated carbocycles. The van der Waals surface area contributed by atoms with E-state index in [4.69, 9.17) is 24.4 Å². The van der Waals surface area contributed by atoms with Crippen LogP contribution in [-0.2, 0) is 0 Å². The summed E-state index contributed by atoms with van der Waals surface area (Å²) in [6, 6.07) is 58.8. The lowest BCUT2D eigenvalue weighted by molar-refractivity contribution is 0.668. The first-order valence-electron chi connectivity index (χ1n) is 18.0. The van der Waals surface area contributed by atoms with Crippen LogP contribution in [-0.4, -0.2) is 24.5 Å². The number of furan rings is 1. The average Bonchev–Trinajstić information content (AvgIpc) is 3.80. The van der Waals surface area contributed by atoms with Gasteiger partial charge in [-0.2, -0.15) is 0 Å². The lowest BCUT2D eigenvalue weighted by Gasteiger charge is -2.15. The second kappa shape index (κ2) is 12.1. The van der Waals surface area contributed by atoms with Crippen LogP contribution in [0.15, 0.2) is 180 Å². The lowest BCUT2D eigenvalue weighted by atomic mass is 9.97. The first-order valence-corrected chi connectivity index (χ1v) is 18.0. The van der Waals surface area contributed by atoms with Gasteiger partial charge in [0.15, 0.2) is 17.5 Å². The number of benzene rings is 7. The SMILES string of the molecule is c1ccc(-c2nc(-c3ccccc3-n3c4ccccc4c4c(-c5ccc6ccccc6c5)cccc43)nc(-c3nccc4oc5ccccc5c34)n2)cc1. The van der Waals surface area contributed by atoms with Crippen LogP contribution in [0.5, 0.6) is 0 Å². The Balaban J connectivity index is 1.17. The normalized spacial score (nSPS) is 11.7. The minimum absolute atomic E-state index is 0.478. The summed E-state index contributed by atoms with van der Waals surface area (Å²) >= 11 is 0. The summed E-state index contributed by atoms with van der Waals surface area (Å²) in [5, 5.41) is 6.66. The molecule has 54 heavy (non-hydrogen) atoms. The predicted molar refractivity (Wildman–Crippen MR) is 218 cm³/mol. The first-order chi connectivity index (χ1) is 26.8. The zero-order valence-electron chi connectivity index (χ0n) is 28.9. The molecule has 0 radical (unpaired) electrons. The Kier molecular flexibility index (Phi) is 6.75. The second-order valence-electron chi connectivity index (χ2n) is 13.4. The molecule has 0 saturated heterocycles. The summed E-state index contributed by atoms with van der Waals surface area (Å²) < 4.78 is 8.59. The van der Waals surface area contributed by atoms with E-state index in [0.717, 1.165) is 49.8 Å². The smallest absolute Gasteiger partial charge is 0.183 e. The second-order valence-corrected chi connectivity index (χ2v) is 13.4. The highest BCUT2D eigenvalue weighted by atomic mass is 16.3. The van der Waals surface area contributed by atoms with Crippen LogP contribution < -0.4 is 0 Å². The number of hydrogen-bond acceptors (Lipinski definition) is 5. The number of aromatic nitrogens is 5. The van der Waals surface area contributed by atoms with Crippen molar-refractivity contribution in [2.24, 2.45) is 0 Å². The topological polar surface area (TPSA) is 69.6 Å². The third kappa shape index (κ3) is 4.74. The molecule has 6 nitrogen and oxygen atoms in total. The van der Waals surface area contributed by atoms with Crippen molar-refractivity contribution in [1.29, 1.82) is 0 Å². The third-order valence-corrected chi connectivity index (χ3v) is 10.3. The van der Waals surface area contributed by atoms with Crippen molar-refractivity contribution in [1.82, 2.24) is 24.5 Å². The molecule has 0 aliphatic carbocycles. The fraction of sp³-hybridized carbons (Fsp3) is 0. The van der Waals surface area contributed by atoms with Gasteiger partial charge in [0.2, 0.25) is 0 Å². The highest BCUT2D eigenvalue weighted by molar-refractivity contribution is 6.16. The molecule has 0 bridgehead atoms. The Labute approximate surface area is 309 Å². The Bertz CT molecular complexity index is 3230. The van der Waals surface area contributed by atoms with Crippen molar-refractivity contribution in [3.8, 4) is 51.1 Å². The maximum atomic E-state index is 6.24. The number of pyridine rings is 1. The van der Waals surface area contributed by atoms with E-state index in [1.165, 1.54) is 32.7 Å². The fourth-order valence-corrected chi connectivity index (χ4v) is 7.89. The lowest BCUT2D eigenvalue weighted by Crippen LogP contribution is -2.04. The highest BCUT2D eigenvalue weighted by Gasteiger charge is 2.22. The molecule has 11 rings (SSSR count). The van der Waals surface area contributed by atoms with Crippen LogP contribution in [0.25, 0.3) is 106 Å². The molecule has 0 amide bonds. The molecule has 4 heterocycles. The predicted octanol–water partition coefficient (Wildman–Crippen LogP) is 12.1. The summed E-state index contributed by atoms with van der Waals surface area (Å²) in [6.45, 7) is 0. The average molecular weight is 692 g/mol. The van der Waals surface area contributed by atoms with Crippen LogP contribution in [0.1, 0.15) is 0 Å². The monoisotopic (exact) mass is 691 g/mol. The van der Waals surface area contributed by atoms with E-state index in [1.54, 1.807) is 6.20 Å². The Morgan fingerprint density at radius 2 is 1.13 bits per heavy atom. The van der Waals surface area contributed by atoms with Gasteiger partial charge in [-0.3, -0.25) is 4.98 Å². The summed E-state index contributed by atoms with van der Waals surface area (Å²) in [5.41, 5.74) is 9.47. The molecule has 7 aromatic carbocycles. The van der Waals surface area contributed by atoms with E-state index >= 15 is 0 Å². The molecule has 4 aromatic heterocycles. The molecule has 6 heteroatoms. The summed E-state index contributed by atoms with van der Waals surface area (Å²) in [5.74, 6) is 1.60. The summed E-state index contributed by atoms with van der Waals surface area (Å²) in [7, 11) is 0. The van der Waals surface area contributed by atoms with Crippen LogP contribution in [0.4, 0.5) is 0 Å². The van der Waals surface area contributed by atoms with Crippen molar-refractivity contribution in [3.63, 3.8) is 0 Å². The molecule has 0 atom stereocenters. The highest BCUT2D eigenvalue weighted by Crippen LogP contribution is 2.41. The molecule has 0 unspecified atom stereocenters. The standard InChI is InChI=1S/C48H29N5O/c1-2-14-31(15-3-1)46-50-47(52-48(51-46)45-44-37-19-8-11-24-41(37)54-42(44)27-28-49-45)36-18-7-10-22-39(36)53-38-21-9-6-17-35(38)43-34(20-12-23-40(43)53)33-26-25-30-13-4-5-16-32(30)29-33/h1-29H. The zero-order valence-corrected chi connectivity index (χ0v) is 28.9. The van der Waals surface area contributed by atoms with Gasteiger partial charge in [0, 0.05) is 33.5 Å². The quantitative estimate of drug-likeness (QED) is 0.180. The Hall–Kier alpha value is -7.44. The van der Waals surface area contributed by atoms with Gasteiger partial charge in [-0.1, -0.05) is 127 Å². The van der Waals surface area contributed by atoms with E-state index < -0.39 is 0 Å². The number of para-hydroxylation sites is 3. The minimum Gasteiger partial charge on any atom is -0.456 e. The van der Waals surface area contributed by atoms with Crippen LogP contribution in [0, 0.1) is 0 Å². The molecular formula is C48H29N5O. The number of hydrogen-bond donors (Lipinski definition) is 0. The molecule has 0 aliphatic rings. The van der Waals surface area contributed by atoms with E-state index in [2.05, 4.69) is 114 Å². The summed E-state index contributed by atoms with van der Waals surface area (Å²) in [6.07, 6.45) is 1.75. The molecule has 0 aliphatic heterocycles. The first kappa shape index (κ1) is 30.2. The van der Waals surface area contributed by atoms with Crippen LogP contribution in [0.2, 0.25) is 0 Å². The van der Waals surface area contributed by atoms with Crippen molar-refractivity contribution in [2.75, 3.05) is 0 Å². The van der Waals surface area contributed by atoms with E-state index in [0.29, 0.717) is 23.2 Å². The molecule has 252 valence electrons. The van der Waals surface area contributed by atoms with Gasteiger partial charge in [0.25, 0.3) is 0 Å². The van der Waals surface area contributed by atoms with E-state index in [1.807, 2.05) is 60.7 Å². The molecular weight excluding hydrogens is 663 g/mol. The van der Waals surface area contributed by atoms with E-state index in [9.17, 15) is 0 Å².